The number of anilines is 1. The number of hydrogen-bond donors (Lipinski definition) is 1. The second-order valence-electron chi connectivity index (χ2n) is 5.81. The number of rotatable bonds is 4. The van der Waals surface area contributed by atoms with Crippen molar-refractivity contribution in [2.75, 3.05) is 5.32 Å². The van der Waals surface area contributed by atoms with Crippen LogP contribution in [-0.4, -0.2) is 25.7 Å². The van der Waals surface area contributed by atoms with Crippen LogP contribution < -0.4 is 10.9 Å². The molecule has 0 aliphatic carbocycles. The summed E-state index contributed by atoms with van der Waals surface area (Å²) < 4.78 is 2.02. The van der Waals surface area contributed by atoms with Crippen LogP contribution in [0.1, 0.15) is 0 Å². The molecule has 28 heavy (non-hydrogen) atoms. The summed E-state index contributed by atoms with van der Waals surface area (Å²) >= 11 is 10.5. The summed E-state index contributed by atoms with van der Waals surface area (Å²) in [6.07, 6.45) is 1.36. The van der Waals surface area contributed by atoms with E-state index in [-0.39, 0.29) is 12.1 Å². The first-order valence-electron chi connectivity index (χ1n) is 8.03. The maximum atomic E-state index is 12.6. The van der Waals surface area contributed by atoms with E-state index in [0.29, 0.717) is 26.1 Å². The van der Waals surface area contributed by atoms with Gasteiger partial charge in [-0.2, -0.15) is 0 Å². The number of carbonyl (C=O) groups is 1. The number of hydrogen-bond acceptors (Lipinski definition) is 6. The maximum absolute atomic E-state index is 12.6. The van der Waals surface area contributed by atoms with E-state index < -0.39 is 5.91 Å². The number of benzene rings is 2. The highest BCUT2D eigenvalue weighted by Crippen LogP contribution is 2.28. The fraction of sp³-hybridized carbons (Fsp3) is 0.0556. The number of nitrogens with one attached hydrogen (secondary N) is 1. The second kappa shape index (κ2) is 7.78. The molecule has 0 aliphatic heterocycles. The molecule has 0 fully saturated rings. The van der Waals surface area contributed by atoms with Crippen LogP contribution in [0, 0.1) is 0 Å². The van der Waals surface area contributed by atoms with Crippen LogP contribution in [0.2, 0.25) is 5.02 Å². The summed E-state index contributed by atoms with van der Waals surface area (Å²) in [6, 6.07) is 12.4. The van der Waals surface area contributed by atoms with E-state index in [0.717, 1.165) is 10.0 Å². The molecule has 2 aromatic carbocycles. The number of amides is 1. The Morgan fingerprint density at radius 2 is 2.07 bits per heavy atom. The summed E-state index contributed by atoms with van der Waals surface area (Å²) in [5.41, 5.74) is 1.09. The molecule has 0 saturated carbocycles. The van der Waals surface area contributed by atoms with Gasteiger partial charge in [-0.05, 0) is 30.3 Å². The third kappa shape index (κ3) is 3.96. The lowest BCUT2D eigenvalue weighted by molar-refractivity contribution is -0.116. The van der Waals surface area contributed by atoms with Gasteiger partial charge in [0.2, 0.25) is 11.0 Å². The quantitative estimate of drug-likeness (QED) is 0.481. The first-order valence-corrected chi connectivity index (χ1v) is 10.0. The molecule has 7 nitrogen and oxygen atoms in total. The Morgan fingerprint density at radius 3 is 2.89 bits per heavy atom. The molecule has 2 heterocycles. The smallest absolute Gasteiger partial charge is 0.261 e. The number of halogens is 2. The zero-order valence-electron chi connectivity index (χ0n) is 14.1. The van der Waals surface area contributed by atoms with Gasteiger partial charge in [-0.3, -0.25) is 19.5 Å². The van der Waals surface area contributed by atoms with Crippen molar-refractivity contribution in [2.45, 2.75) is 6.54 Å². The van der Waals surface area contributed by atoms with Crippen LogP contribution in [-0.2, 0) is 11.3 Å². The summed E-state index contributed by atoms with van der Waals surface area (Å²) in [7, 11) is 0. The summed E-state index contributed by atoms with van der Waals surface area (Å²) in [6.45, 7) is -0.180. The van der Waals surface area contributed by atoms with Crippen molar-refractivity contribution >= 4 is 60.8 Å². The average molecular weight is 477 g/mol. The van der Waals surface area contributed by atoms with Crippen molar-refractivity contribution in [2.24, 2.45) is 0 Å². The Morgan fingerprint density at radius 1 is 1.21 bits per heavy atom. The van der Waals surface area contributed by atoms with Gasteiger partial charge in [0.25, 0.3) is 5.56 Å². The minimum Gasteiger partial charge on any atom is -0.299 e. The van der Waals surface area contributed by atoms with Crippen molar-refractivity contribution < 1.29 is 4.79 Å². The number of nitrogens with zero attached hydrogens (tertiary/aromatic N) is 4. The van der Waals surface area contributed by atoms with Crippen molar-refractivity contribution in [1.29, 1.82) is 0 Å². The lowest BCUT2D eigenvalue weighted by atomic mass is 10.2. The summed E-state index contributed by atoms with van der Waals surface area (Å²) in [5, 5.41) is 12.7. The lowest BCUT2D eigenvalue weighted by Crippen LogP contribution is -2.27. The first kappa shape index (κ1) is 18.7. The van der Waals surface area contributed by atoms with Crippen LogP contribution in [0.3, 0.4) is 0 Å². The maximum Gasteiger partial charge on any atom is 0.261 e. The highest BCUT2D eigenvalue weighted by molar-refractivity contribution is 9.10. The molecule has 0 bridgehead atoms. The molecule has 2 aromatic heterocycles. The molecule has 0 atom stereocenters. The van der Waals surface area contributed by atoms with Gasteiger partial charge in [-0.25, -0.2) is 4.98 Å². The minimum absolute atomic E-state index is 0.180. The molecular formula is C18H11BrClN5O2S. The molecule has 0 saturated heterocycles. The molecule has 0 radical (unpaired) electrons. The predicted octanol–water partition coefficient (Wildman–Crippen LogP) is 3.97. The Balaban J connectivity index is 1.52. The van der Waals surface area contributed by atoms with E-state index in [9.17, 15) is 9.59 Å². The number of aromatic nitrogens is 4. The number of carbonyl (C=O) groups excluding carboxylic acids is 1. The normalized spacial score (nSPS) is 10.9. The van der Waals surface area contributed by atoms with E-state index in [1.54, 1.807) is 30.3 Å². The van der Waals surface area contributed by atoms with Gasteiger partial charge in [0, 0.05) is 15.1 Å². The Hall–Kier alpha value is -2.62. The van der Waals surface area contributed by atoms with Crippen LogP contribution >= 0.6 is 38.9 Å². The molecule has 0 unspecified atom stereocenters. The zero-order valence-corrected chi connectivity index (χ0v) is 17.3. The van der Waals surface area contributed by atoms with Crippen molar-refractivity contribution in [3.8, 4) is 10.6 Å². The predicted molar refractivity (Wildman–Crippen MR) is 113 cm³/mol. The van der Waals surface area contributed by atoms with E-state index in [2.05, 4.69) is 36.4 Å². The molecule has 1 amide bonds. The molecular weight excluding hydrogens is 466 g/mol. The molecule has 0 spiro atoms. The molecule has 4 aromatic rings. The molecule has 0 aliphatic rings. The average Bonchev–Trinajstić information content (AvgIpc) is 3.13. The monoisotopic (exact) mass is 475 g/mol. The molecule has 10 heteroatoms. The van der Waals surface area contributed by atoms with Crippen LogP contribution in [0.4, 0.5) is 5.13 Å². The highest BCUT2D eigenvalue weighted by Gasteiger charge is 2.12. The Bertz CT molecular complexity index is 1260. The SMILES string of the molecule is O=C(Cn1cnc2ccc(Br)cc2c1=O)Nc1nnc(-c2cccc(Cl)c2)s1. The third-order valence-corrected chi connectivity index (χ3v) is 5.46. The van der Waals surface area contributed by atoms with E-state index in [1.807, 2.05) is 12.1 Å². The molecule has 140 valence electrons. The fourth-order valence-corrected chi connectivity index (χ4v) is 3.88. The Kier molecular flexibility index (Phi) is 5.21. The second-order valence-corrected chi connectivity index (χ2v) is 8.14. The largest absolute Gasteiger partial charge is 0.299 e. The zero-order chi connectivity index (χ0) is 19.7. The van der Waals surface area contributed by atoms with Gasteiger partial charge < -0.3 is 0 Å². The fourth-order valence-electron chi connectivity index (χ4n) is 2.57. The van der Waals surface area contributed by atoms with Gasteiger partial charge in [-0.1, -0.05) is 51.0 Å². The van der Waals surface area contributed by atoms with Crippen LogP contribution in [0.15, 0.2) is 58.1 Å². The molecule has 4 rings (SSSR count). The van der Waals surface area contributed by atoms with E-state index in [4.69, 9.17) is 11.6 Å². The lowest BCUT2D eigenvalue weighted by Gasteiger charge is -2.06. The third-order valence-electron chi connectivity index (χ3n) is 3.84. The Labute approximate surface area is 176 Å². The van der Waals surface area contributed by atoms with Gasteiger partial charge in [0.05, 0.1) is 17.2 Å². The van der Waals surface area contributed by atoms with Crippen molar-refractivity contribution in [1.82, 2.24) is 19.7 Å². The van der Waals surface area contributed by atoms with Gasteiger partial charge in [0.1, 0.15) is 11.6 Å². The van der Waals surface area contributed by atoms with E-state index in [1.165, 1.54) is 22.2 Å². The molecule has 1 N–H and O–H groups in total. The van der Waals surface area contributed by atoms with Gasteiger partial charge >= 0.3 is 0 Å². The highest BCUT2D eigenvalue weighted by atomic mass is 79.9. The van der Waals surface area contributed by atoms with Crippen molar-refractivity contribution in [3.05, 3.63) is 68.6 Å². The van der Waals surface area contributed by atoms with Crippen LogP contribution in [0.25, 0.3) is 21.5 Å². The summed E-state index contributed by atoms with van der Waals surface area (Å²) in [5.74, 6) is -0.396. The van der Waals surface area contributed by atoms with Crippen LogP contribution in [0.5, 0.6) is 0 Å². The standard InChI is InChI=1S/C18H11BrClN5O2S/c19-11-4-5-14-13(7-11)17(27)25(9-21-14)8-15(26)22-18-24-23-16(28-18)10-2-1-3-12(20)6-10/h1-7,9H,8H2,(H,22,24,26). The summed E-state index contributed by atoms with van der Waals surface area (Å²) in [4.78, 5) is 29.1. The topological polar surface area (TPSA) is 89.8 Å². The van der Waals surface area contributed by atoms with Gasteiger partial charge in [-0.15, -0.1) is 10.2 Å². The van der Waals surface area contributed by atoms with Crippen molar-refractivity contribution in [3.63, 3.8) is 0 Å². The van der Waals surface area contributed by atoms with E-state index >= 15 is 0 Å². The number of fused-ring (bicyclic) bond motifs is 1. The minimum atomic E-state index is -0.396. The first-order chi connectivity index (χ1) is 13.5. The van der Waals surface area contributed by atoms with Gasteiger partial charge in [0.15, 0.2) is 0 Å².